The number of nitrogens with zero attached hydrogens (tertiary/aromatic N) is 2. The van der Waals surface area contributed by atoms with Crippen LogP contribution in [0.5, 0.6) is 0 Å². The zero-order chi connectivity index (χ0) is 22.5. The molecule has 0 saturated carbocycles. The van der Waals surface area contributed by atoms with E-state index >= 15 is 0 Å². The third-order valence-electron chi connectivity index (χ3n) is 4.36. The van der Waals surface area contributed by atoms with Crippen LogP contribution in [0.2, 0.25) is 5.02 Å². The van der Waals surface area contributed by atoms with Crippen molar-refractivity contribution in [2.75, 3.05) is 10.7 Å². The minimum atomic E-state index is -0.509. The lowest BCUT2D eigenvalue weighted by molar-refractivity contribution is 0.102. The molecule has 1 aromatic heterocycles. The van der Waals surface area contributed by atoms with Gasteiger partial charge in [-0.15, -0.1) is 0 Å². The maximum Gasteiger partial charge on any atom is 0.256 e. The number of carbonyl (C=O) groups is 1. The second-order valence-corrected chi connectivity index (χ2v) is 7.94. The fourth-order valence-corrected chi connectivity index (χ4v) is 3.85. The van der Waals surface area contributed by atoms with Crippen LogP contribution < -0.4 is 10.7 Å². The highest BCUT2D eigenvalue weighted by Gasteiger charge is 2.16. The highest BCUT2D eigenvalue weighted by atomic mass is 35.5. The van der Waals surface area contributed by atoms with Gasteiger partial charge < -0.3 is 5.32 Å². The van der Waals surface area contributed by atoms with Gasteiger partial charge in [0.25, 0.3) is 5.91 Å². The van der Waals surface area contributed by atoms with Crippen LogP contribution in [0.3, 0.4) is 0 Å². The zero-order valence-corrected chi connectivity index (χ0v) is 17.9. The molecule has 0 atom stereocenters. The number of amides is 1. The van der Waals surface area contributed by atoms with E-state index in [4.69, 9.17) is 11.6 Å². The molecule has 32 heavy (non-hydrogen) atoms. The van der Waals surface area contributed by atoms with E-state index in [1.807, 2.05) is 6.07 Å². The zero-order valence-electron chi connectivity index (χ0n) is 16.4. The molecular formula is C23H15ClF2N4OS. The molecule has 0 unspecified atom stereocenters. The molecule has 0 fully saturated rings. The fourth-order valence-electron chi connectivity index (χ4n) is 2.81. The number of halogens is 3. The highest BCUT2D eigenvalue weighted by molar-refractivity contribution is 7.20. The molecule has 160 valence electrons. The Morgan fingerprint density at radius 2 is 1.75 bits per heavy atom. The molecule has 1 heterocycles. The first-order valence-electron chi connectivity index (χ1n) is 9.37. The summed E-state index contributed by atoms with van der Waals surface area (Å²) < 4.78 is 27.3. The van der Waals surface area contributed by atoms with Gasteiger partial charge in [-0.05, 0) is 48.5 Å². The van der Waals surface area contributed by atoms with Gasteiger partial charge >= 0.3 is 0 Å². The van der Waals surface area contributed by atoms with E-state index in [0.29, 0.717) is 27.0 Å². The molecule has 0 bridgehead atoms. The van der Waals surface area contributed by atoms with Crippen LogP contribution in [-0.2, 0) is 0 Å². The van der Waals surface area contributed by atoms with E-state index in [1.54, 1.807) is 42.5 Å². The van der Waals surface area contributed by atoms with Crippen LogP contribution in [0, 0.1) is 11.6 Å². The molecule has 3 aromatic carbocycles. The average molecular weight is 469 g/mol. The smallest absolute Gasteiger partial charge is 0.256 e. The topological polar surface area (TPSA) is 66.4 Å². The van der Waals surface area contributed by atoms with Crippen molar-refractivity contribution < 1.29 is 13.6 Å². The largest absolute Gasteiger partial charge is 0.312 e. The number of benzene rings is 3. The van der Waals surface area contributed by atoms with Crippen LogP contribution in [0.15, 0.2) is 77.9 Å². The summed E-state index contributed by atoms with van der Waals surface area (Å²) in [4.78, 5) is 17.1. The Labute approximate surface area is 191 Å². The van der Waals surface area contributed by atoms with Crippen molar-refractivity contribution in [3.8, 4) is 11.3 Å². The first-order chi connectivity index (χ1) is 15.5. The molecule has 0 aliphatic rings. The second kappa shape index (κ2) is 9.67. The number of rotatable bonds is 6. The summed E-state index contributed by atoms with van der Waals surface area (Å²) in [5, 5.41) is 7.86. The van der Waals surface area contributed by atoms with Crippen molar-refractivity contribution in [2.24, 2.45) is 5.10 Å². The molecule has 0 aliphatic carbocycles. The van der Waals surface area contributed by atoms with Crippen molar-refractivity contribution in [1.29, 1.82) is 0 Å². The SMILES string of the molecule is O=C(Nc1sc(N/N=C/c2c(F)cccc2Cl)nc1-c1ccc(F)cc1)c1ccccc1. The van der Waals surface area contributed by atoms with Gasteiger partial charge in [0.05, 0.1) is 11.2 Å². The lowest BCUT2D eigenvalue weighted by atomic mass is 10.1. The van der Waals surface area contributed by atoms with Crippen molar-refractivity contribution >= 4 is 45.2 Å². The van der Waals surface area contributed by atoms with Gasteiger partial charge in [-0.3, -0.25) is 10.2 Å². The van der Waals surface area contributed by atoms with Crippen molar-refractivity contribution in [2.45, 2.75) is 0 Å². The van der Waals surface area contributed by atoms with E-state index in [0.717, 1.165) is 11.3 Å². The number of hydrogen-bond donors (Lipinski definition) is 2. The molecule has 9 heteroatoms. The summed E-state index contributed by atoms with van der Waals surface area (Å²) in [6.45, 7) is 0. The van der Waals surface area contributed by atoms with Crippen LogP contribution in [0.25, 0.3) is 11.3 Å². The molecule has 1 amide bonds. The van der Waals surface area contributed by atoms with Gasteiger partial charge in [0, 0.05) is 16.7 Å². The molecule has 4 rings (SSSR count). The van der Waals surface area contributed by atoms with Crippen molar-refractivity contribution in [3.05, 3.63) is 101 Å². The number of hydrazone groups is 1. The lowest BCUT2D eigenvalue weighted by Gasteiger charge is -2.05. The predicted molar refractivity (Wildman–Crippen MR) is 125 cm³/mol. The molecule has 0 spiro atoms. The van der Waals surface area contributed by atoms with E-state index in [9.17, 15) is 13.6 Å². The van der Waals surface area contributed by atoms with Gasteiger partial charge in [0.1, 0.15) is 22.3 Å². The van der Waals surface area contributed by atoms with Gasteiger partial charge in [0.2, 0.25) is 5.13 Å². The van der Waals surface area contributed by atoms with Crippen LogP contribution >= 0.6 is 22.9 Å². The Bertz CT molecular complexity index is 1260. The summed E-state index contributed by atoms with van der Waals surface area (Å²) in [5.74, 6) is -1.21. The molecule has 2 N–H and O–H groups in total. The second-order valence-electron chi connectivity index (χ2n) is 6.53. The molecule has 4 aromatic rings. The average Bonchev–Trinajstić information content (AvgIpc) is 3.19. The molecule has 0 radical (unpaired) electrons. The third-order valence-corrected chi connectivity index (χ3v) is 5.57. The van der Waals surface area contributed by atoms with Gasteiger partial charge in [0.15, 0.2) is 0 Å². The molecule has 0 aliphatic heterocycles. The Hall–Kier alpha value is -3.62. The van der Waals surface area contributed by atoms with Crippen LogP contribution in [-0.4, -0.2) is 17.1 Å². The van der Waals surface area contributed by atoms with Gasteiger partial charge in [-0.25, -0.2) is 13.8 Å². The molecule has 5 nitrogen and oxygen atoms in total. The maximum atomic E-state index is 13.9. The number of nitrogens with one attached hydrogen (secondary N) is 2. The summed E-state index contributed by atoms with van der Waals surface area (Å²) in [6.07, 6.45) is 1.25. The number of aromatic nitrogens is 1. The first kappa shape index (κ1) is 21.6. The van der Waals surface area contributed by atoms with Gasteiger partial charge in [-0.1, -0.05) is 47.2 Å². The van der Waals surface area contributed by atoms with E-state index < -0.39 is 5.82 Å². The Morgan fingerprint density at radius 3 is 2.47 bits per heavy atom. The quantitative estimate of drug-likeness (QED) is 0.253. The number of carbonyl (C=O) groups excluding carboxylic acids is 1. The standard InChI is InChI=1S/C23H15ClF2N4OS/c24-18-7-4-8-19(26)17(18)13-27-30-23-28-20(14-9-11-16(25)12-10-14)22(32-23)29-21(31)15-5-2-1-3-6-15/h1-13H,(H,28,30)(H,29,31)/b27-13+. The predicted octanol–water partition coefficient (Wildman–Crippen LogP) is 6.44. The maximum absolute atomic E-state index is 13.9. The number of hydrogen-bond acceptors (Lipinski definition) is 5. The van der Waals surface area contributed by atoms with Crippen molar-refractivity contribution in [3.63, 3.8) is 0 Å². The first-order valence-corrected chi connectivity index (χ1v) is 10.6. The normalized spacial score (nSPS) is 11.0. The van der Waals surface area contributed by atoms with E-state index in [-0.39, 0.29) is 22.3 Å². The minimum Gasteiger partial charge on any atom is -0.312 e. The molecular weight excluding hydrogens is 454 g/mol. The van der Waals surface area contributed by atoms with E-state index in [2.05, 4.69) is 20.8 Å². The Balaban J connectivity index is 1.62. The summed E-state index contributed by atoms with van der Waals surface area (Å²) >= 11 is 7.14. The minimum absolute atomic E-state index is 0.134. The Kier molecular flexibility index (Phi) is 6.53. The fraction of sp³-hybridized carbons (Fsp3) is 0. The number of thiazole rings is 1. The molecule has 0 saturated heterocycles. The van der Waals surface area contributed by atoms with Crippen LogP contribution in [0.4, 0.5) is 18.9 Å². The highest BCUT2D eigenvalue weighted by Crippen LogP contribution is 2.36. The van der Waals surface area contributed by atoms with Crippen molar-refractivity contribution in [1.82, 2.24) is 4.98 Å². The number of anilines is 2. The summed E-state index contributed by atoms with van der Waals surface area (Å²) in [7, 11) is 0. The monoisotopic (exact) mass is 468 g/mol. The third kappa shape index (κ3) is 4.99. The Morgan fingerprint density at radius 1 is 1.00 bits per heavy atom. The van der Waals surface area contributed by atoms with E-state index in [1.165, 1.54) is 30.5 Å². The summed E-state index contributed by atoms with van der Waals surface area (Å²) in [5.41, 5.74) is 4.40. The lowest BCUT2D eigenvalue weighted by Crippen LogP contribution is -2.11. The summed E-state index contributed by atoms with van der Waals surface area (Å²) in [6, 6.07) is 18.8. The van der Waals surface area contributed by atoms with Gasteiger partial charge in [-0.2, -0.15) is 5.10 Å². The van der Waals surface area contributed by atoms with Crippen LogP contribution in [0.1, 0.15) is 15.9 Å².